The molecule has 2 N–H and O–H groups in total. The van der Waals surface area contributed by atoms with Crippen molar-refractivity contribution in [3.63, 3.8) is 0 Å². The largest absolute Gasteiger partial charge is 0.453 e. The summed E-state index contributed by atoms with van der Waals surface area (Å²) in [7, 11) is 1.14. The molecule has 1 amide bonds. The molecule has 0 bridgehead atoms. The molecule has 0 fully saturated rings. The van der Waals surface area contributed by atoms with Gasteiger partial charge in [-0.25, -0.2) is 9.18 Å². The van der Waals surface area contributed by atoms with Crippen LogP contribution in [0.15, 0.2) is 18.2 Å². The summed E-state index contributed by atoms with van der Waals surface area (Å²) in [6.07, 6.45) is -0.822. The Hall–Kier alpha value is -2.29. The SMILES string of the molecule is COC(=O)NC(=S)Nc1ccc(F)cc1[N+](=O)[O-]. The topological polar surface area (TPSA) is 93.5 Å². The molecule has 0 spiro atoms. The van der Waals surface area contributed by atoms with E-state index < -0.39 is 22.5 Å². The number of carbonyl (C=O) groups is 1. The number of thiocarbonyl (C=S) groups is 1. The smallest absolute Gasteiger partial charge is 0.413 e. The summed E-state index contributed by atoms with van der Waals surface area (Å²) in [4.78, 5) is 20.7. The lowest BCUT2D eigenvalue weighted by atomic mass is 10.2. The second-order valence-corrected chi connectivity index (χ2v) is 3.40. The second-order valence-electron chi connectivity index (χ2n) is 2.99. The number of hydrogen-bond acceptors (Lipinski definition) is 5. The van der Waals surface area contributed by atoms with Gasteiger partial charge in [-0.05, 0) is 24.4 Å². The quantitative estimate of drug-likeness (QED) is 0.484. The third kappa shape index (κ3) is 3.63. The van der Waals surface area contributed by atoms with Gasteiger partial charge in [-0.3, -0.25) is 15.4 Å². The van der Waals surface area contributed by atoms with Gasteiger partial charge in [0.1, 0.15) is 11.5 Å². The van der Waals surface area contributed by atoms with Crippen molar-refractivity contribution in [3.8, 4) is 0 Å². The highest BCUT2D eigenvalue weighted by Crippen LogP contribution is 2.24. The van der Waals surface area contributed by atoms with Crippen LogP contribution in [0, 0.1) is 15.9 Å². The van der Waals surface area contributed by atoms with E-state index in [9.17, 15) is 19.3 Å². The Morgan fingerprint density at radius 1 is 1.56 bits per heavy atom. The summed E-state index contributed by atoms with van der Waals surface area (Å²) < 4.78 is 17.1. The molecule has 1 aromatic rings. The molecular weight excluding hydrogens is 265 g/mol. The average Bonchev–Trinajstić information content (AvgIpc) is 2.30. The highest BCUT2D eigenvalue weighted by molar-refractivity contribution is 7.80. The first-order valence-electron chi connectivity index (χ1n) is 4.54. The Morgan fingerprint density at radius 2 is 2.22 bits per heavy atom. The van der Waals surface area contributed by atoms with Crippen LogP contribution >= 0.6 is 12.2 Å². The van der Waals surface area contributed by atoms with Crippen LogP contribution < -0.4 is 10.6 Å². The van der Waals surface area contributed by atoms with Crippen LogP contribution in [0.25, 0.3) is 0 Å². The number of rotatable bonds is 2. The Kier molecular flexibility index (Phi) is 4.49. The number of carbonyl (C=O) groups excluding carboxylic acids is 1. The van der Waals surface area contributed by atoms with Gasteiger partial charge in [-0.15, -0.1) is 0 Å². The summed E-state index contributed by atoms with van der Waals surface area (Å²) in [6.45, 7) is 0. The molecule has 96 valence electrons. The van der Waals surface area contributed by atoms with Crippen molar-refractivity contribution in [2.45, 2.75) is 0 Å². The number of amides is 1. The molecule has 0 atom stereocenters. The zero-order valence-corrected chi connectivity index (χ0v) is 9.91. The van der Waals surface area contributed by atoms with E-state index >= 15 is 0 Å². The number of halogens is 1. The van der Waals surface area contributed by atoms with Gasteiger partial charge in [0.05, 0.1) is 18.1 Å². The van der Waals surface area contributed by atoms with Crippen LogP contribution in [-0.2, 0) is 4.74 Å². The molecule has 1 aromatic carbocycles. The van der Waals surface area contributed by atoms with E-state index in [0.29, 0.717) is 0 Å². The van der Waals surface area contributed by atoms with Gasteiger partial charge in [0.2, 0.25) is 0 Å². The molecule has 0 radical (unpaired) electrons. The predicted molar refractivity (Wildman–Crippen MR) is 64.8 cm³/mol. The van der Waals surface area contributed by atoms with Crippen molar-refractivity contribution in [2.75, 3.05) is 12.4 Å². The lowest BCUT2D eigenvalue weighted by Crippen LogP contribution is -2.34. The van der Waals surface area contributed by atoms with Crippen molar-refractivity contribution < 1.29 is 18.8 Å². The predicted octanol–water partition coefficient (Wildman–Crippen LogP) is 1.79. The van der Waals surface area contributed by atoms with Crippen molar-refractivity contribution in [1.29, 1.82) is 0 Å². The van der Waals surface area contributed by atoms with E-state index in [-0.39, 0.29) is 10.8 Å². The van der Waals surface area contributed by atoms with Crippen LogP contribution in [0.5, 0.6) is 0 Å². The summed E-state index contributed by atoms with van der Waals surface area (Å²) >= 11 is 4.72. The van der Waals surface area contributed by atoms with Gasteiger partial charge >= 0.3 is 6.09 Å². The molecule has 0 unspecified atom stereocenters. The summed E-state index contributed by atoms with van der Waals surface area (Å²) in [5, 5.41) is 15.0. The minimum atomic E-state index is -0.822. The Morgan fingerprint density at radius 3 is 2.78 bits per heavy atom. The van der Waals surface area contributed by atoms with Gasteiger partial charge in [-0.1, -0.05) is 0 Å². The maximum absolute atomic E-state index is 12.9. The van der Waals surface area contributed by atoms with E-state index in [1.807, 2.05) is 0 Å². The molecule has 0 aliphatic rings. The first kappa shape index (κ1) is 13.8. The Labute approximate surface area is 106 Å². The van der Waals surface area contributed by atoms with Crippen LogP contribution in [0.3, 0.4) is 0 Å². The Balaban J connectivity index is 2.87. The molecule has 1 rings (SSSR count). The van der Waals surface area contributed by atoms with Gasteiger partial charge < -0.3 is 10.1 Å². The van der Waals surface area contributed by atoms with E-state index in [1.54, 1.807) is 0 Å². The number of nitrogens with zero attached hydrogens (tertiary/aromatic N) is 1. The van der Waals surface area contributed by atoms with Crippen LogP contribution in [-0.4, -0.2) is 23.2 Å². The number of anilines is 1. The minimum absolute atomic E-state index is 0.0391. The zero-order chi connectivity index (χ0) is 13.7. The molecule has 18 heavy (non-hydrogen) atoms. The molecule has 0 aliphatic carbocycles. The molecule has 0 saturated heterocycles. The number of nitrogens with one attached hydrogen (secondary N) is 2. The fourth-order valence-corrected chi connectivity index (χ4v) is 1.25. The standard InChI is InChI=1S/C9H8FN3O4S/c1-17-9(14)12-8(18)11-6-3-2-5(10)4-7(6)13(15)16/h2-4H,1H3,(H2,11,12,14,18). The minimum Gasteiger partial charge on any atom is -0.453 e. The van der Waals surface area contributed by atoms with Gasteiger partial charge in [0, 0.05) is 0 Å². The van der Waals surface area contributed by atoms with Crippen molar-refractivity contribution in [2.24, 2.45) is 0 Å². The fourth-order valence-electron chi connectivity index (χ4n) is 1.06. The van der Waals surface area contributed by atoms with Gasteiger partial charge in [0.25, 0.3) is 5.69 Å². The molecule has 0 saturated carbocycles. The van der Waals surface area contributed by atoms with E-state index in [4.69, 9.17) is 12.2 Å². The first-order valence-corrected chi connectivity index (χ1v) is 4.94. The number of nitro groups is 1. The summed E-state index contributed by atoms with van der Waals surface area (Å²) in [6, 6.07) is 2.90. The summed E-state index contributed by atoms with van der Waals surface area (Å²) in [5.41, 5.74) is -0.535. The Bertz CT molecular complexity index is 509. The summed E-state index contributed by atoms with van der Waals surface area (Å²) in [5.74, 6) is -0.751. The van der Waals surface area contributed by atoms with E-state index in [1.165, 1.54) is 0 Å². The first-order chi connectivity index (χ1) is 8.43. The molecule has 0 aliphatic heterocycles. The van der Waals surface area contributed by atoms with Crippen molar-refractivity contribution in [1.82, 2.24) is 5.32 Å². The third-order valence-corrected chi connectivity index (χ3v) is 2.01. The normalized spacial score (nSPS) is 9.44. The number of methoxy groups -OCH3 is 1. The van der Waals surface area contributed by atoms with Crippen LogP contribution in [0.1, 0.15) is 0 Å². The van der Waals surface area contributed by atoms with Crippen molar-refractivity contribution >= 4 is 34.8 Å². The number of hydrogen-bond donors (Lipinski definition) is 2. The monoisotopic (exact) mass is 273 g/mol. The lowest BCUT2D eigenvalue weighted by molar-refractivity contribution is -0.384. The van der Waals surface area contributed by atoms with Gasteiger partial charge in [0.15, 0.2) is 5.11 Å². The van der Waals surface area contributed by atoms with Crippen LogP contribution in [0.4, 0.5) is 20.6 Å². The molecule has 9 heteroatoms. The number of ether oxygens (including phenoxy) is 1. The zero-order valence-electron chi connectivity index (χ0n) is 9.10. The van der Waals surface area contributed by atoms with E-state index in [2.05, 4.69) is 15.4 Å². The second kappa shape index (κ2) is 5.87. The fraction of sp³-hybridized carbons (Fsp3) is 0.111. The highest BCUT2D eigenvalue weighted by atomic mass is 32.1. The maximum Gasteiger partial charge on any atom is 0.413 e. The molecule has 7 nitrogen and oxygen atoms in total. The van der Waals surface area contributed by atoms with E-state index in [0.717, 1.165) is 25.3 Å². The molecule has 0 aromatic heterocycles. The van der Waals surface area contributed by atoms with Crippen molar-refractivity contribution in [3.05, 3.63) is 34.1 Å². The van der Waals surface area contributed by atoms with Gasteiger partial charge in [-0.2, -0.15) is 0 Å². The average molecular weight is 273 g/mol. The highest BCUT2D eigenvalue weighted by Gasteiger charge is 2.16. The lowest BCUT2D eigenvalue weighted by Gasteiger charge is -2.08. The maximum atomic E-state index is 12.9. The number of alkyl carbamates (subject to hydrolysis) is 1. The number of benzene rings is 1. The molecular formula is C9H8FN3O4S. The molecule has 0 heterocycles. The van der Waals surface area contributed by atoms with Crippen LogP contribution in [0.2, 0.25) is 0 Å². The number of nitro benzene ring substituents is 1. The third-order valence-electron chi connectivity index (χ3n) is 1.81.